The van der Waals surface area contributed by atoms with Crippen LogP contribution in [0.2, 0.25) is 0 Å². The van der Waals surface area contributed by atoms with Crippen LogP contribution in [0.15, 0.2) is 12.1 Å². The SMILES string of the molecule is Cc1cc(Nc2nc(N[C@@H](C(N)=O)C3CC3)c(F)cc2C(N)=O)sn1. The van der Waals surface area contributed by atoms with Crippen molar-refractivity contribution in [2.75, 3.05) is 10.6 Å². The maximum absolute atomic E-state index is 14.3. The van der Waals surface area contributed by atoms with E-state index in [1.807, 2.05) is 6.92 Å². The minimum absolute atomic E-state index is 0.0649. The van der Waals surface area contributed by atoms with Gasteiger partial charge in [0.2, 0.25) is 5.91 Å². The number of carbonyl (C=O) groups excluding carboxylic acids is 2. The number of hydrogen-bond acceptors (Lipinski definition) is 7. The van der Waals surface area contributed by atoms with Crippen LogP contribution in [-0.2, 0) is 4.79 Å². The molecule has 0 radical (unpaired) electrons. The molecule has 1 aliphatic rings. The van der Waals surface area contributed by atoms with Crippen molar-refractivity contribution in [3.63, 3.8) is 0 Å². The van der Waals surface area contributed by atoms with Gasteiger partial charge in [0.25, 0.3) is 5.91 Å². The fraction of sp³-hybridized carbons (Fsp3) is 0.333. The topological polar surface area (TPSA) is 136 Å². The Morgan fingerprint density at radius 2 is 2.04 bits per heavy atom. The molecule has 1 saturated carbocycles. The molecule has 0 aromatic carbocycles. The highest BCUT2D eigenvalue weighted by Gasteiger charge is 2.36. The van der Waals surface area contributed by atoms with E-state index in [9.17, 15) is 14.0 Å². The zero-order valence-electron chi connectivity index (χ0n) is 13.4. The van der Waals surface area contributed by atoms with Crippen LogP contribution < -0.4 is 22.1 Å². The van der Waals surface area contributed by atoms with E-state index in [4.69, 9.17) is 11.5 Å². The number of pyridine rings is 1. The van der Waals surface area contributed by atoms with Crippen LogP contribution >= 0.6 is 11.5 Å². The Morgan fingerprint density at radius 1 is 1.32 bits per heavy atom. The van der Waals surface area contributed by atoms with Gasteiger partial charge >= 0.3 is 0 Å². The fourth-order valence-corrected chi connectivity index (χ4v) is 3.07. The number of amides is 2. The zero-order chi connectivity index (χ0) is 18.1. The normalized spacial score (nSPS) is 14.8. The second-order valence-electron chi connectivity index (χ2n) is 5.90. The Kier molecular flexibility index (Phi) is 4.53. The quantitative estimate of drug-likeness (QED) is 0.588. The third-order valence-corrected chi connectivity index (χ3v) is 4.60. The number of hydrogen-bond donors (Lipinski definition) is 4. The summed E-state index contributed by atoms with van der Waals surface area (Å²) >= 11 is 1.17. The summed E-state index contributed by atoms with van der Waals surface area (Å²) in [6.07, 6.45) is 1.68. The van der Waals surface area contributed by atoms with Gasteiger partial charge in [0.05, 0.1) is 11.3 Å². The lowest BCUT2D eigenvalue weighted by molar-refractivity contribution is -0.119. The van der Waals surface area contributed by atoms with Crippen LogP contribution in [-0.4, -0.2) is 27.2 Å². The molecule has 2 amide bonds. The molecular formula is C15H17FN6O2S. The van der Waals surface area contributed by atoms with Gasteiger partial charge < -0.3 is 22.1 Å². The summed E-state index contributed by atoms with van der Waals surface area (Å²) in [6.45, 7) is 1.81. The van der Waals surface area contributed by atoms with E-state index in [0.29, 0.717) is 5.00 Å². The Morgan fingerprint density at radius 3 is 2.56 bits per heavy atom. The van der Waals surface area contributed by atoms with Crippen LogP contribution in [0, 0.1) is 18.7 Å². The lowest BCUT2D eigenvalue weighted by Gasteiger charge is -2.17. The van der Waals surface area contributed by atoms with Gasteiger partial charge in [-0.25, -0.2) is 9.37 Å². The molecule has 1 aliphatic carbocycles. The van der Waals surface area contributed by atoms with Crippen molar-refractivity contribution >= 4 is 40.0 Å². The van der Waals surface area contributed by atoms with E-state index in [0.717, 1.165) is 24.6 Å². The molecule has 6 N–H and O–H groups in total. The van der Waals surface area contributed by atoms with Gasteiger partial charge in [0, 0.05) is 0 Å². The third kappa shape index (κ3) is 3.85. The molecule has 2 aromatic rings. The van der Waals surface area contributed by atoms with Crippen LogP contribution in [0.1, 0.15) is 28.9 Å². The lowest BCUT2D eigenvalue weighted by Crippen LogP contribution is -2.37. The summed E-state index contributed by atoms with van der Waals surface area (Å²) in [7, 11) is 0. The van der Waals surface area contributed by atoms with Gasteiger partial charge in [-0.05, 0) is 49.3 Å². The summed E-state index contributed by atoms with van der Waals surface area (Å²) in [5.74, 6) is -2.20. The second kappa shape index (κ2) is 6.63. The number of rotatable bonds is 7. The largest absolute Gasteiger partial charge is 0.368 e. The number of nitrogens with one attached hydrogen (secondary N) is 2. The predicted octanol–water partition coefficient (Wildman–Crippen LogP) is 1.50. The summed E-state index contributed by atoms with van der Waals surface area (Å²) in [4.78, 5) is 27.3. The van der Waals surface area contributed by atoms with Crippen molar-refractivity contribution in [2.45, 2.75) is 25.8 Å². The molecule has 0 spiro atoms. The van der Waals surface area contributed by atoms with E-state index in [-0.39, 0.29) is 23.1 Å². The smallest absolute Gasteiger partial charge is 0.252 e. The minimum Gasteiger partial charge on any atom is -0.368 e. The van der Waals surface area contributed by atoms with Crippen LogP contribution in [0.4, 0.5) is 21.0 Å². The van der Waals surface area contributed by atoms with E-state index in [1.165, 1.54) is 11.5 Å². The molecule has 3 rings (SSSR count). The average molecular weight is 364 g/mol. The van der Waals surface area contributed by atoms with Crippen LogP contribution in [0.3, 0.4) is 0 Å². The molecule has 25 heavy (non-hydrogen) atoms. The third-order valence-electron chi connectivity index (χ3n) is 3.80. The van der Waals surface area contributed by atoms with Gasteiger partial charge in [0.15, 0.2) is 11.6 Å². The molecule has 2 heterocycles. The van der Waals surface area contributed by atoms with Crippen LogP contribution in [0.5, 0.6) is 0 Å². The highest BCUT2D eigenvalue weighted by molar-refractivity contribution is 7.10. The number of nitrogens with zero attached hydrogens (tertiary/aromatic N) is 2. The first-order chi connectivity index (χ1) is 11.8. The number of carbonyl (C=O) groups is 2. The Bertz CT molecular complexity index is 835. The molecule has 0 bridgehead atoms. The highest BCUT2D eigenvalue weighted by Crippen LogP contribution is 2.35. The van der Waals surface area contributed by atoms with Crippen molar-refractivity contribution in [3.8, 4) is 0 Å². The Hall–Kier alpha value is -2.75. The van der Waals surface area contributed by atoms with Gasteiger partial charge in [-0.2, -0.15) is 4.37 Å². The van der Waals surface area contributed by atoms with Crippen LogP contribution in [0.25, 0.3) is 0 Å². The number of primary amides is 2. The number of halogens is 1. The maximum atomic E-state index is 14.3. The first-order valence-corrected chi connectivity index (χ1v) is 8.39. The van der Waals surface area contributed by atoms with Crippen molar-refractivity contribution in [1.29, 1.82) is 0 Å². The molecule has 10 heteroatoms. The molecular weight excluding hydrogens is 347 g/mol. The second-order valence-corrected chi connectivity index (χ2v) is 6.70. The number of aromatic nitrogens is 2. The lowest BCUT2D eigenvalue weighted by atomic mass is 10.1. The van der Waals surface area contributed by atoms with Crippen molar-refractivity contribution in [2.24, 2.45) is 17.4 Å². The molecule has 0 aliphatic heterocycles. The van der Waals surface area contributed by atoms with Crippen molar-refractivity contribution in [1.82, 2.24) is 9.36 Å². The van der Waals surface area contributed by atoms with E-state index < -0.39 is 23.7 Å². The van der Waals surface area contributed by atoms with Crippen molar-refractivity contribution < 1.29 is 14.0 Å². The van der Waals surface area contributed by atoms with E-state index >= 15 is 0 Å². The van der Waals surface area contributed by atoms with E-state index in [2.05, 4.69) is 20.0 Å². The van der Waals surface area contributed by atoms with Gasteiger partial charge in [0.1, 0.15) is 16.9 Å². The first kappa shape index (κ1) is 17.1. The molecule has 2 aromatic heterocycles. The maximum Gasteiger partial charge on any atom is 0.252 e. The van der Waals surface area contributed by atoms with Gasteiger partial charge in [-0.15, -0.1) is 0 Å². The predicted molar refractivity (Wildman–Crippen MR) is 92.2 cm³/mol. The summed E-state index contributed by atoms with van der Waals surface area (Å²) in [5.41, 5.74) is 11.4. The number of nitrogens with two attached hydrogens (primary N) is 2. The van der Waals surface area contributed by atoms with Crippen molar-refractivity contribution in [3.05, 3.63) is 29.2 Å². The Balaban J connectivity index is 1.94. The minimum atomic E-state index is -0.824. The number of anilines is 3. The summed E-state index contributed by atoms with van der Waals surface area (Å²) < 4.78 is 18.4. The average Bonchev–Trinajstić information content (AvgIpc) is 3.29. The number of aryl methyl sites for hydroxylation is 1. The molecule has 1 fully saturated rings. The molecule has 1 atom stereocenters. The summed E-state index contributed by atoms with van der Waals surface area (Å²) in [5, 5.41) is 6.28. The molecule has 0 saturated heterocycles. The molecule has 132 valence electrons. The fourth-order valence-electron chi connectivity index (χ4n) is 2.41. The molecule has 0 unspecified atom stereocenters. The van der Waals surface area contributed by atoms with E-state index in [1.54, 1.807) is 6.07 Å². The zero-order valence-corrected chi connectivity index (χ0v) is 14.2. The first-order valence-electron chi connectivity index (χ1n) is 7.61. The standard InChI is InChI=1S/C15H17FN6O2S/c1-6-4-10(25-22-6)19-14-8(12(17)23)5-9(16)15(21-14)20-11(13(18)24)7-2-3-7/h4-5,7,11H,2-3H2,1H3,(H2,17,23)(H2,18,24)(H2,19,20,21)/t11-/m1/s1. The van der Waals surface area contributed by atoms with Gasteiger partial charge in [-0.1, -0.05) is 0 Å². The Labute approximate surface area is 147 Å². The molecule has 8 nitrogen and oxygen atoms in total. The monoisotopic (exact) mass is 364 g/mol. The highest BCUT2D eigenvalue weighted by atomic mass is 32.1. The van der Waals surface area contributed by atoms with Gasteiger partial charge in [-0.3, -0.25) is 9.59 Å². The summed E-state index contributed by atoms with van der Waals surface area (Å²) in [6, 6.07) is 2.03.